The van der Waals surface area contributed by atoms with Crippen molar-refractivity contribution in [2.24, 2.45) is 5.73 Å². The van der Waals surface area contributed by atoms with Crippen molar-refractivity contribution in [2.45, 2.75) is 0 Å². The molecule has 0 aliphatic carbocycles. The molecule has 0 saturated carbocycles. The summed E-state index contributed by atoms with van der Waals surface area (Å²) < 4.78 is 0. The van der Waals surface area contributed by atoms with Crippen molar-refractivity contribution in [3.63, 3.8) is 0 Å². The third kappa shape index (κ3) is 4.98. The maximum Gasteiger partial charge on any atom is 0.315 e. The maximum absolute atomic E-state index is 10.1. The van der Waals surface area contributed by atoms with Crippen LogP contribution in [0.2, 0.25) is 0 Å². The average Bonchev–Trinajstić information content (AvgIpc) is 1.67. The van der Waals surface area contributed by atoms with Gasteiger partial charge >= 0.3 is 6.03 Å². The SMILES string of the molecule is C#CCN(C)C(N)=O.Cl. The minimum absolute atomic E-state index is 0. The molecule has 0 aliphatic rings. The Labute approximate surface area is 60.6 Å². The van der Waals surface area contributed by atoms with E-state index in [-0.39, 0.29) is 19.0 Å². The van der Waals surface area contributed by atoms with E-state index in [2.05, 4.69) is 5.92 Å². The summed E-state index contributed by atoms with van der Waals surface area (Å²) in [4.78, 5) is 11.4. The summed E-state index contributed by atoms with van der Waals surface area (Å²) in [7, 11) is 1.54. The lowest BCUT2D eigenvalue weighted by molar-refractivity contribution is 0.223. The number of carbonyl (C=O) groups excluding carboxylic acids is 1. The number of hydrogen-bond donors (Lipinski definition) is 1. The normalized spacial score (nSPS) is 6.67. The number of amides is 2. The van der Waals surface area contributed by atoms with E-state index >= 15 is 0 Å². The topological polar surface area (TPSA) is 46.3 Å². The largest absolute Gasteiger partial charge is 0.351 e. The van der Waals surface area contributed by atoms with Crippen molar-refractivity contribution in [2.75, 3.05) is 13.6 Å². The van der Waals surface area contributed by atoms with Crippen LogP contribution in [0.3, 0.4) is 0 Å². The molecule has 0 fully saturated rings. The molecular formula is C5H9ClN2O. The van der Waals surface area contributed by atoms with Crippen LogP contribution in [0.15, 0.2) is 0 Å². The number of carbonyl (C=O) groups is 1. The molecule has 0 spiro atoms. The van der Waals surface area contributed by atoms with E-state index in [4.69, 9.17) is 12.2 Å². The van der Waals surface area contributed by atoms with E-state index < -0.39 is 6.03 Å². The van der Waals surface area contributed by atoms with Crippen LogP contribution in [0.1, 0.15) is 0 Å². The van der Waals surface area contributed by atoms with Crippen molar-refractivity contribution in [1.82, 2.24) is 4.90 Å². The monoisotopic (exact) mass is 148 g/mol. The van der Waals surface area contributed by atoms with Crippen molar-refractivity contribution < 1.29 is 4.79 Å². The zero-order chi connectivity index (χ0) is 6.57. The van der Waals surface area contributed by atoms with Gasteiger partial charge in [-0.1, -0.05) is 5.92 Å². The third-order valence-electron chi connectivity index (χ3n) is 0.705. The smallest absolute Gasteiger partial charge is 0.315 e. The molecule has 0 bridgehead atoms. The molecule has 0 radical (unpaired) electrons. The number of urea groups is 1. The molecule has 0 unspecified atom stereocenters. The van der Waals surface area contributed by atoms with Gasteiger partial charge in [0.1, 0.15) is 0 Å². The summed E-state index contributed by atoms with van der Waals surface area (Å²) in [5, 5.41) is 0. The molecule has 52 valence electrons. The van der Waals surface area contributed by atoms with Crippen LogP contribution in [0.25, 0.3) is 0 Å². The Kier molecular flexibility index (Phi) is 6.42. The standard InChI is InChI=1S/C5H8N2O.ClH/c1-3-4-7(2)5(6)8;/h1H,4H2,2H3,(H2,6,8);1H. The molecule has 0 saturated heterocycles. The van der Waals surface area contributed by atoms with E-state index in [9.17, 15) is 4.79 Å². The fourth-order valence-corrected chi connectivity index (χ4v) is 0.215. The number of nitrogens with two attached hydrogens (primary N) is 1. The van der Waals surface area contributed by atoms with Gasteiger partial charge in [0.25, 0.3) is 0 Å². The summed E-state index contributed by atoms with van der Waals surface area (Å²) in [5.74, 6) is 2.27. The zero-order valence-corrected chi connectivity index (χ0v) is 5.94. The minimum atomic E-state index is -0.497. The van der Waals surface area contributed by atoms with Gasteiger partial charge in [-0.15, -0.1) is 18.8 Å². The second-order valence-corrected chi connectivity index (χ2v) is 1.40. The van der Waals surface area contributed by atoms with Crippen molar-refractivity contribution in [3.8, 4) is 12.3 Å². The number of terminal acetylenes is 1. The first-order valence-electron chi connectivity index (χ1n) is 2.12. The van der Waals surface area contributed by atoms with Gasteiger partial charge in [-0.05, 0) is 0 Å². The molecule has 0 rings (SSSR count). The molecule has 2 N–H and O–H groups in total. The first-order chi connectivity index (χ1) is 3.68. The van der Waals surface area contributed by atoms with Crippen LogP contribution in [0.4, 0.5) is 4.79 Å². The summed E-state index contributed by atoms with van der Waals surface area (Å²) in [5.41, 5.74) is 4.81. The van der Waals surface area contributed by atoms with Crippen LogP contribution in [-0.2, 0) is 0 Å². The highest BCUT2D eigenvalue weighted by atomic mass is 35.5. The predicted molar refractivity (Wildman–Crippen MR) is 38.3 cm³/mol. The van der Waals surface area contributed by atoms with Gasteiger partial charge in [0.2, 0.25) is 0 Å². The highest BCUT2D eigenvalue weighted by Gasteiger charge is 1.96. The Morgan fingerprint density at radius 1 is 1.89 bits per heavy atom. The third-order valence-corrected chi connectivity index (χ3v) is 0.705. The van der Waals surface area contributed by atoms with Crippen molar-refractivity contribution >= 4 is 18.4 Å². The average molecular weight is 149 g/mol. The van der Waals surface area contributed by atoms with E-state index in [1.54, 1.807) is 7.05 Å². The van der Waals surface area contributed by atoms with Gasteiger partial charge < -0.3 is 10.6 Å². The fourth-order valence-electron chi connectivity index (χ4n) is 0.215. The molecule has 0 aliphatic heterocycles. The molecule has 3 nitrogen and oxygen atoms in total. The lowest BCUT2D eigenvalue weighted by Crippen LogP contribution is -2.32. The fraction of sp³-hybridized carbons (Fsp3) is 0.400. The van der Waals surface area contributed by atoms with Crippen molar-refractivity contribution in [3.05, 3.63) is 0 Å². The van der Waals surface area contributed by atoms with Crippen LogP contribution in [0.5, 0.6) is 0 Å². The van der Waals surface area contributed by atoms with E-state index in [1.807, 2.05) is 0 Å². The number of primary amides is 1. The summed E-state index contributed by atoms with van der Waals surface area (Å²) in [6.07, 6.45) is 4.87. The maximum atomic E-state index is 10.1. The Morgan fingerprint density at radius 2 is 2.33 bits per heavy atom. The first-order valence-corrected chi connectivity index (χ1v) is 2.12. The van der Waals surface area contributed by atoms with Gasteiger partial charge in [0.15, 0.2) is 0 Å². The van der Waals surface area contributed by atoms with Crippen LogP contribution in [0, 0.1) is 12.3 Å². The first kappa shape index (κ1) is 11.0. The van der Waals surface area contributed by atoms with Crippen LogP contribution < -0.4 is 5.73 Å². The summed E-state index contributed by atoms with van der Waals surface area (Å²) >= 11 is 0. The predicted octanol–water partition coefficient (Wildman–Crippen LogP) is 0.0519. The van der Waals surface area contributed by atoms with Gasteiger partial charge in [-0.3, -0.25) is 0 Å². The summed E-state index contributed by atoms with van der Waals surface area (Å²) in [6.45, 7) is 0.273. The highest BCUT2D eigenvalue weighted by Crippen LogP contribution is 1.75. The summed E-state index contributed by atoms with van der Waals surface area (Å²) in [6, 6.07) is -0.497. The Morgan fingerprint density at radius 3 is 2.44 bits per heavy atom. The zero-order valence-electron chi connectivity index (χ0n) is 5.13. The molecule has 2 amide bonds. The number of nitrogens with zero attached hydrogens (tertiary/aromatic N) is 1. The van der Waals surface area contributed by atoms with Gasteiger partial charge in [-0.2, -0.15) is 0 Å². The quantitative estimate of drug-likeness (QED) is 0.525. The Hall–Kier alpha value is -0.880. The number of halogens is 1. The lowest BCUT2D eigenvalue weighted by Gasteiger charge is -2.07. The lowest BCUT2D eigenvalue weighted by atomic mass is 10.6. The van der Waals surface area contributed by atoms with Crippen LogP contribution in [-0.4, -0.2) is 24.5 Å². The highest BCUT2D eigenvalue weighted by molar-refractivity contribution is 5.85. The molecule has 0 atom stereocenters. The van der Waals surface area contributed by atoms with Gasteiger partial charge in [0, 0.05) is 7.05 Å². The Balaban J connectivity index is 0. The molecular weight excluding hydrogens is 140 g/mol. The molecule has 9 heavy (non-hydrogen) atoms. The van der Waals surface area contributed by atoms with E-state index in [1.165, 1.54) is 4.90 Å². The second-order valence-electron chi connectivity index (χ2n) is 1.40. The minimum Gasteiger partial charge on any atom is -0.351 e. The molecule has 0 aromatic rings. The Bertz CT molecular complexity index is 129. The second kappa shape index (κ2) is 5.26. The number of rotatable bonds is 1. The van der Waals surface area contributed by atoms with E-state index in [0.717, 1.165) is 0 Å². The van der Waals surface area contributed by atoms with Gasteiger partial charge in [-0.25, -0.2) is 4.79 Å². The molecule has 0 heterocycles. The van der Waals surface area contributed by atoms with E-state index in [0.29, 0.717) is 0 Å². The molecule has 4 heteroatoms. The molecule has 0 aromatic heterocycles. The molecule has 0 aromatic carbocycles. The van der Waals surface area contributed by atoms with Crippen LogP contribution >= 0.6 is 12.4 Å². The number of hydrogen-bond acceptors (Lipinski definition) is 1. The van der Waals surface area contributed by atoms with Crippen molar-refractivity contribution in [1.29, 1.82) is 0 Å². The van der Waals surface area contributed by atoms with Gasteiger partial charge in [0.05, 0.1) is 6.54 Å².